The number of fused-ring (bicyclic) bond motifs is 1. The SMILES string of the molecule is CCS(=O)(=O)N[C@H]1C[C@@]2(O)[C@H]3Cc4ccc(O)cc4[C@@]2(CCN3CC2CC2)CC1=O. The third-order valence-corrected chi connectivity index (χ3v) is 9.34. The Hall–Kier alpha value is -1.48. The second-order valence-electron chi connectivity index (χ2n) is 9.68. The molecule has 2 bridgehead atoms. The molecule has 164 valence electrons. The molecule has 1 saturated heterocycles. The van der Waals surface area contributed by atoms with E-state index < -0.39 is 27.1 Å². The van der Waals surface area contributed by atoms with Crippen LogP contribution in [0.25, 0.3) is 0 Å². The van der Waals surface area contributed by atoms with Gasteiger partial charge < -0.3 is 10.2 Å². The summed E-state index contributed by atoms with van der Waals surface area (Å²) >= 11 is 0. The first kappa shape index (κ1) is 20.4. The number of benzene rings is 1. The molecule has 7 nitrogen and oxygen atoms in total. The van der Waals surface area contributed by atoms with Gasteiger partial charge in [0.1, 0.15) is 5.75 Å². The van der Waals surface area contributed by atoms with Crippen molar-refractivity contribution in [3.63, 3.8) is 0 Å². The van der Waals surface area contributed by atoms with Crippen LogP contribution in [0.5, 0.6) is 5.75 Å². The summed E-state index contributed by atoms with van der Waals surface area (Å²) in [6.45, 7) is 3.28. The van der Waals surface area contributed by atoms with Crippen LogP contribution in [0.4, 0.5) is 0 Å². The quantitative estimate of drug-likeness (QED) is 0.640. The summed E-state index contributed by atoms with van der Waals surface area (Å²) in [5, 5.41) is 22.4. The predicted octanol–water partition coefficient (Wildman–Crippen LogP) is 1.07. The van der Waals surface area contributed by atoms with E-state index in [0.29, 0.717) is 18.8 Å². The van der Waals surface area contributed by atoms with Gasteiger partial charge in [-0.2, -0.15) is 0 Å². The summed E-state index contributed by atoms with van der Waals surface area (Å²) in [4.78, 5) is 15.5. The number of carbonyl (C=O) groups is 1. The molecular formula is C22H30N2O5S. The highest BCUT2D eigenvalue weighted by Gasteiger charge is 2.66. The van der Waals surface area contributed by atoms with Crippen LogP contribution in [0.2, 0.25) is 0 Å². The number of phenolic OH excluding ortho intramolecular Hbond substituents is 1. The lowest BCUT2D eigenvalue weighted by Gasteiger charge is -2.64. The molecule has 0 radical (unpaired) electrons. The Morgan fingerprint density at radius 2 is 2.07 bits per heavy atom. The normalized spacial score (nSPS) is 36.3. The summed E-state index contributed by atoms with van der Waals surface area (Å²) in [5.74, 6) is 0.517. The van der Waals surface area contributed by atoms with Gasteiger partial charge in [-0.15, -0.1) is 0 Å². The maximum absolute atomic E-state index is 13.1. The number of rotatable bonds is 5. The summed E-state index contributed by atoms with van der Waals surface area (Å²) in [7, 11) is -3.57. The fourth-order valence-corrected chi connectivity index (χ4v) is 6.98. The Morgan fingerprint density at radius 3 is 2.77 bits per heavy atom. The highest BCUT2D eigenvalue weighted by atomic mass is 32.2. The monoisotopic (exact) mass is 434 g/mol. The fraction of sp³-hybridized carbons (Fsp3) is 0.682. The molecule has 8 heteroatoms. The van der Waals surface area contributed by atoms with Crippen LogP contribution in [0, 0.1) is 5.92 Å². The Morgan fingerprint density at radius 1 is 1.30 bits per heavy atom. The highest BCUT2D eigenvalue weighted by molar-refractivity contribution is 7.89. The first-order valence-electron chi connectivity index (χ1n) is 11.0. The Bertz CT molecular complexity index is 991. The molecule has 0 aromatic heterocycles. The predicted molar refractivity (Wildman–Crippen MR) is 112 cm³/mol. The second kappa shape index (κ2) is 6.76. The molecule has 4 aliphatic rings. The summed E-state index contributed by atoms with van der Waals surface area (Å²) in [6, 6.07) is 4.22. The van der Waals surface area contributed by atoms with Crippen LogP contribution in [0.3, 0.4) is 0 Å². The number of ketones is 1. The Labute approximate surface area is 177 Å². The molecule has 0 unspecified atom stereocenters. The van der Waals surface area contributed by atoms with Crippen molar-refractivity contribution in [1.29, 1.82) is 0 Å². The number of nitrogens with one attached hydrogen (secondary N) is 1. The minimum Gasteiger partial charge on any atom is -0.508 e. The summed E-state index contributed by atoms with van der Waals surface area (Å²) < 4.78 is 26.9. The van der Waals surface area contributed by atoms with E-state index in [4.69, 9.17) is 0 Å². The number of carbonyl (C=O) groups excluding carboxylic acids is 1. The number of piperidine rings is 1. The third-order valence-electron chi connectivity index (χ3n) is 7.94. The zero-order valence-corrected chi connectivity index (χ0v) is 18.1. The molecule has 4 atom stereocenters. The maximum atomic E-state index is 13.1. The van der Waals surface area contributed by atoms with Crippen molar-refractivity contribution in [3.05, 3.63) is 29.3 Å². The maximum Gasteiger partial charge on any atom is 0.211 e. The molecule has 3 N–H and O–H groups in total. The van der Waals surface area contributed by atoms with Gasteiger partial charge in [-0.1, -0.05) is 6.07 Å². The second-order valence-corrected chi connectivity index (χ2v) is 11.7. The van der Waals surface area contributed by atoms with E-state index in [0.717, 1.165) is 24.2 Å². The van der Waals surface area contributed by atoms with Gasteiger partial charge in [0.15, 0.2) is 5.78 Å². The molecule has 3 fully saturated rings. The number of hydrogen-bond donors (Lipinski definition) is 3. The van der Waals surface area contributed by atoms with E-state index >= 15 is 0 Å². The molecule has 2 saturated carbocycles. The molecule has 0 spiro atoms. The minimum absolute atomic E-state index is 0.0754. The van der Waals surface area contributed by atoms with E-state index in [9.17, 15) is 23.4 Å². The number of hydrogen-bond acceptors (Lipinski definition) is 6. The zero-order chi connectivity index (χ0) is 21.3. The standard InChI is InChI=1S/C22H30N2O5S/c1-2-30(28,29)23-18-11-22(27)20-9-15-5-6-16(25)10-17(15)21(22,12-19(18)26)7-8-24(20)13-14-3-4-14/h5-6,10,14,18,20,23,25,27H,2-4,7-9,11-13H2,1H3/t18-,20+,21+,22+/m0/s1. The van der Waals surface area contributed by atoms with Crippen molar-refractivity contribution in [2.75, 3.05) is 18.8 Å². The van der Waals surface area contributed by atoms with E-state index in [2.05, 4.69) is 9.62 Å². The van der Waals surface area contributed by atoms with Crippen molar-refractivity contribution in [3.8, 4) is 5.75 Å². The topological polar surface area (TPSA) is 107 Å². The van der Waals surface area contributed by atoms with Crippen molar-refractivity contribution in [1.82, 2.24) is 9.62 Å². The van der Waals surface area contributed by atoms with Crippen LogP contribution in [0.15, 0.2) is 18.2 Å². The van der Waals surface area contributed by atoms with Crippen LogP contribution in [-0.2, 0) is 26.7 Å². The van der Waals surface area contributed by atoms with Gasteiger partial charge in [-0.25, -0.2) is 13.1 Å². The lowest BCUT2D eigenvalue weighted by atomic mass is 9.48. The molecule has 3 aliphatic carbocycles. The number of aliphatic hydroxyl groups is 1. The van der Waals surface area contributed by atoms with Gasteiger partial charge in [0.25, 0.3) is 0 Å². The Kier molecular flexibility index (Phi) is 4.60. The number of aromatic hydroxyl groups is 1. The number of likely N-dealkylation sites (tertiary alicyclic amines) is 1. The van der Waals surface area contributed by atoms with Gasteiger partial charge in [0.05, 0.1) is 17.4 Å². The first-order chi connectivity index (χ1) is 14.2. The molecule has 1 aliphatic heterocycles. The zero-order valence-electron chi connectivity index (χ0n) is 17.3. The smallest absolute Gasteiger partial charge is 0.211 e. The van der Waals surface area contributed by atoms with Gasteiger partial charge in [0.2, 0.25) is 10.0 Å². The van der Waals surface area contributed by atoms with Crippen LogP contribution < -0.4 is 4.72 Å². The first-order valence-corrected chi connectivity index (χ1v) is 12.6. The largest absolute Gasteiger partial charge is 0.508 e. The van der Waals surface area contributed by atoms with Gasteiger partial charge in [-0.3, -0.25) is 9.69 Å². The highest BCUT2D eigenvalue weighted by Crippen LogP contribution is 2.58. The molecule has 30 heavy (non-hydrogen) atoms. The fourth-order valence-electron chi connectivity index (χ4n) is 6.16. The molecule has 1 heterocycles. The average molecular weight is 435 g/mol. The van der Waals surface area contributed by atoms with Gasteiger partial charge in [0, 0.05) is 30.8 Å². The molecule has 1 aromatic rings. The molecule has 0 amide bonds. The molecule has 5 rings (SSSR count). The molecule has 1 aromatic carbocycles. The summed E-state index contributed by atoms with van der Waals surface area (Å²) in [5.41, 5.74) is -0.0776. The van der Waals surface area contributed by atoms with Gasteiger partial charge in [-0.05, 0) is 68.3 Å². The van der Waals surface area contributed by atoms with E-state index in [-0.39, 0.29) is 36.2 Å². The Balaban J connectivity index is 1.59. The van der Waals surface area contributed by atoms with Crippen LogP contribution in [0.1, 0.15) is 50.2 Å². The van der Waals surface area contributed by atoms with Crippen molar-refractivity contribution in [2.24, 2.45) is 5.92 Å². The lowest BCUT2D eigenvalue weighted by Crippen LogP contribution is -2.76. The minimum atomic E-state index is -3.57. The molecular weight excluding hydrogens is 404 g/mol. The number of nitrogens with zero attached hydrogens (tertiary/aromatic N) is 1. The van der Waals surface area contributed by atoms with Crippen molar-refractivity contribution < 1.29 is 23.4 Å². The van der Waals surface area contributed by atoms with E-state index in [1.165, 1.54) is 19.8 Å². The number of phenols is 1. The van der Waals surface area contributed by atoms with Crippen LogP contribution >= 0.6 is 0 Å². The average Bonchev–Trinajstić information content (AvgIpc) is 3.50. The van der Waals surface area contributed by atoms with Crippen LogP contribution in [-0.4, -0.2) is 65.8 Å². The van der Waals surface area contributed by atoms with E-state index in [1.54, 1.807) is 12.1 Å². The van der Waals surface area contributed by atoms with E-state index in [1.807, 2.05) is 6.07 Å². The lowest BCUT2D eigenvalue weighted by molar-refractivity contribution is -0.176. The summed E-state index contributed by atoms with van der Waals surface area (Å²) in [6.07, 6.45) is 3.87. The van der Waals surface area contributed by atoms with Gasteiger partial charge >= 0.3 is 0 Å². The third kappa shape index (κ3) is 3.03. The van der Waals surface area contributed by atoms with Crippen molar-refractivity contribution in [2.45, 2.75) is 68.5 Å². The number of Topliss-reactive ketones (excluding diaryl/α,β-unsaturated/α-hetero) is 1. The van der Waals surface area contributed by atoms with Crippen molar-refractivity contribution >= 4 is 15.8 Å². The number of sulfonamides is 1.